The molecule has 0 saturated carbocycles. The predicted molar refractivity (Wildman–Crippen MR) is 83.4 cm³/mol. The molecule has 0 radical (unpaired) electrons. The van der Waals surface area contributed by atoms with Crippen molar-refractivity contribution >= 4 is 17.3 Å². The third-order valence-electron chi connectivity index (χ3n) is 3.26. The number of nitrogens with zero attached hydrogens (tertiary/aromatic N) is 1. The number of carbonyl (C=O) groups is 1. The van der Waals surface area contributed by atoms with E-state index < -0.39 is 34.9 Å². The summed E-state index contributed by atoms with van der Waals surface area (Å²) in [7, 11) is 0. The van der Waals surface area contributed by atoms with Gasteiger partial charge in [-0.05, 0) is 24.6 Å². The van der Waals surface area contributed by atoms with Gasteiger partial charge in [0.1, 0.15) is 11.4 Å². The number of ether oxygens (including phenoxy) is 1. The maximum atomic E-state index is 12.9. The molecule has 0 unspecified atom stereocenters. The molecule has 0 spiro atoms. The van der Waals surface area contributed by atoms with Gasteiger partial charge in [0.05, 0.1) is 10.5 Å². The number of aryl methyl sites for hydroxylation is 1. The zero-order valence-corrected chi connectivity index (χ0v) is 13.0. The van der Waals surface area contributed by atoms with Crippen molar-refractivity contribution in [3.8, 4) is 5.75 Å². The smallest absolute Gasteiger partial charge is 0.419 e. The van der Waals surface area contributed by atoms with Gasteiger partial charge in [0.2, 0.25) is 0 Å². The van der Waals surface area contributed by atoms with Crippen LogP contribution in [0.15, 0.2) is 42.5 Å². The summed E-state index contributed by atoms with van der Waals surface area (Å²) in [5.41, 5.74) is -0.905. The molecule has 0 bridgehead atoms. The van der Waals surface area contributed by atoms with Crippen LogP contribution in [0.1, 0.15) is 11.1 Å². The van der Waals surface area contributed by atoms with Crippen molar-refractivity contribution in [2.24, 2.45) is 0 Å². The largest absolute Gasteiger partial charge is 0.483 e. The van der Waals surface area contributed by atoms with E-state index in [-0.39, 0.29) is 11.4 Å². The van der Waals surface area contributed by atoms with Crippen molar-refractivity contribution < 1.29 is 27.6 Å². The van der Waals surface area contributed by atoms with Gasteiger partial charge in [-0.3, -0.25) is 14.9 Å². The van der Waals surface area contributed by atoms with Gasteiger partial charge >= 0.3 is 6.18 Å². The van der Waals surface area contributed by atoms with Gasteiger partial charge in [-0.1, -0.05) is 24.3 Å². The summed E-state index contributed by atoms with van der Waals surface area (Å²) in [6, 6.07) is 8.69. The van der Waals surface area contributed by atoms with Crippen molar-refractivity contribution in [3.63, 3.8) is 0 Å². The Kier molecular flexibility index (Phi) is 5.26. The molecule has 1 N–H and O–H groups in total. The number of nitrogens with one attached hydrogen (secondary N) is 1. The summed E-state index contributed by atoms with van der Waals surface area (Å²) in [6.07, 6.45) is -4.62. The summed E-state index contributed by atoms with van der Waals surface area (Å²) in [4.78, 5) is 22.3. The molecule has 0 fully saturated rings. The first-order valence-electron chi connectivity index (χ1n) is 7.03. The molecule has 1 amide bonds. The maximum absolute atomic E-state index is 12.9. The minimum Gasteiger partial charge on any atom is -0.483 e. The molecule has 0 heterocycles. The Hall–Kier alpha value is -3.10. The number of anilines is 1. The van der Waals surface area contributed by atoms with E-state index in [9.17, 15) is 28.1 Å². The fourth-order valence-corrected chi connectivity index (χ4v) is 2.11. The van der Waals surface area contributed by atoms with Crippen molar-refractivity contribution in [2.75, 3.05) is 11.9 Å². The van der Waals surface area contributed by atoms with Crippen LogP contribution in [-0.2, 0) is 11.0 Å². The Labute approximate surface area is 140 Å². The van der Waals surface area contributed by atoms with Crippen LogP contribution in [0.3, 0.4) is 0 Å². The molecular weight excluding hydrogens is 341 g/mol. The highest BCUT2D eigenvalue weighted by Crippen LogP contribution is 2.36. The molecule has 0 aliphatic carbocycles. The van der Waals surface area contributed by atoms with E-state index in [4.69, 9.17) is 4.74 Å². The highest BCUT2D eigenvalue weighted by atomic mass is 19.4. The Bertz CT molecular complexity index is 806. The molecule has 0 aliphatic rings. The highest BCUT2D eigenvalue weighted by Gasteiger charge is 2.34. The molecule has 0 aromatic heterocycles. The van der Waals surface area contributed by atoms with E-state index in [2.05, 4.69) is 5.32 Å². The third kappa shape index (κ3) is 4.46. The number of nitro groups is 1. The third-order valence-corrected chi connectivity index (χ3v) is 3.26. The number of carbonyl (C=O) groups excluding carboxylic acids is 1. The lowest BCUT2D eigenvalue weighted by Crippen LogP contribution is -2.22. The Morgan fingerprint density at radius 1 is 1.20 bits per heavy atom. The van der Waals surface area contributed by atoms with Crippen molar-refractivity contribution in [3.05, 3.63) is 63.7 Å². The molecule has 25 heavy (non-hydrogen) atoms. The maximum Gasteiger partial charge on any atom is 0.419 e. The van der Waals surface area contributed by atoms with Gasteiger partial charge in [-0.15, -0.1) is 0 Å². The van der Waals surface area contributed by atoms with E-state index >= 15 is 0 Å². The van der Waals surface area contributed by atoms with Crippen molar-refractivity contribution in [1.29, 1.82) is 0 Å². The number of benzene rings is 2. The van der Waals surface area contributed by atoms with Crippen LogP contribution in [-0.4, -0.2) is 17.4 Å². The fourth-order valence-electron chi connectivity index (χ4n) is 2.11. The Balaban J connectivity index is 2.12. The first-order chi connectivity index (χ1) is 11.7. The van der Waals surface area contributed by atoms with Crippen LogP contribution < -0.4 is 10.1 Å². The number of halogens is 3. The zero-order valence-electron chi connectivity index (χ0n) is 13.0. The van der Waals surface area contributed by atoms with Gasteiger partial charge in [-0.2, -0.15) is 13.2 Å². The van der Waals surface area contributed by atoms with Crippen LogP contribution in [0, 0.1) is 17.0 Å². The number of amides is 1. The number of hydrogen-bond acceptors (Lipinski definition) is 4. The van der Waals surface area contributed by atoms with E-state index in [1.165, 1.54) is 24.3 Å². The summed E-state index contributed by atoms with van der Waals surface area (Å²) in [5.74, 6) is -1.31. The van der Waals surface area contributed by atoms with Crippen LogP contribution in [0.2, 0.25) is 0 Å². The zero-order chi connectivity index (χ0) is 18.6. The Morgan fingerprint density at radius 3 is 2.52 bits per heavy atom. The molecule has 2 aromatic rings. The Morgan fingerprint density at radius 2 is 1.88 bits per heavy atom. The molecule has 0 saturated heterocycles. The van der Waals surface area contributed by atoms with Crippen molar-refractivity contribution in [2.45, 2.75) is 13.1 Å². The van der Waals surface area contributed by atoms with Crippen LogP contribution in [0.25, 0.3) is 0 Å². The van der Waals surface area contributed by atoms with Crippen LogP contribution in [0.5, 0.6) is 5.75 Å². The quantitative estimate of drug-likeness (QED) is 0.651. The van der Waals surface area contributed by atoms with Gasteiger partial charge in [0.15, 0.2) is 6.61 Å². The lowest BCUT2D eigenvalue weighted by molar-refractivity contribution is -0.384. The number of hydrogen-bond donors (Lipinski definition) is 1. The van der Waals surface area contributed by atoms with Gasteiger partial charge in [-0.25, -0.2) is 0 Å². The molecule has 6 nitrogen and oxygen atoms in total. The lowest BCUT2D eigenvalue weighted by Gasteiger charge is -2.14. The molecule has 0 atom stereocenters. The van der Waals surface area contributed by atoms with Gasteiger partial charge in [0.25, 0.3) is 11.6 Å². The SMILES string of the molecule is Cc1cccc([N+](=O)[O-])c1NC(=O)COc1ccccc1C(F)(F)F. The van der Waals surface area contributed by atoms with Gasteiger partial charge in [0, 0.05) is 6.07 Å². The standard InChI is InChI=1S/C16H13F3N2O4/c1-10-5-4-7-12(21(23)24)15(10)20-14(22)9-25-13-8-3-2-6-11(13)16(17,18)19/h2-8H,9H2,1H3,(H,20,22). The average Bonchev–Trinajstić information content (AvgIpc) is 2.54. The minimum absolute atomic E-state index is 0.0230. The molecule has 9 heteroatoms. The second-order valence-corrected chi connectivity index (χ2v) is 5.06. The normalized spacial score (nSPS) is 11.0. The van der Waals surface area contributed by atoms with Crippen LogP contribution >= 0.6 is 0 Å². The molecular formula is C16H13F3N2O4. The topological polar surface area (TPSA) is 81.5 Å². The molecule has 2 rings (SSSR count). The van der Waals surface area contributed by atoms with Gasteiger partial charge < -0.3 is 10.1 Å². The van der Waals surface area contributed by atoms with E-state index in [0.717, 1.165) is 12.1 Å². The number of nitro benzene ring substituents is 1. The van der Waals surface area contributed by atoms with Crippen LogP contribution in [0.4, 0.5) is 24.5 Å². The molecule has 0 aliphatic heterocycles. The number of rotatable bonds is 5. The minimum atomic E-state index is -4.62. The summed E-state index contributed by atoms with van der Waals surface area (Å²) < 4.78 is 43.5. The number of para-hydroxylation sites is 2. The first-order valence-corrected chi connectivity index (χ1v) is 7.03. The number of alkyl halides is 3. The predicted octanol–water partition coefficient (Wildman–Crippen LogP) is 3.94. The molecule has 2 aromatic carbocycles. The highest BCUT2D eigenvalue weighted by molar-refractivity contribution is 5.95. The van der Waals surface area contributed by atoms with E-state index in [1.54, 1.807) is 13.0 Å². The second-order valence-electron chi connectivity index (χ2n) is 5.06. The van der Waals surface area contributed by atoms with E-state index in [0.29, 0.717) is 5.56 Å². The average molecular weight is 354 g/mol. The summed E-state index contributed by atoms with van der Waals surface area (Å²) >= 11 is 0. The molecule has 132 valence electrons. The first kappa shape index (κ1) is 18.2. The van der Waals surface area contributed by atoms with E-state index in [1.807, 2.05) is 0 Å². The summed E-state index contributed by atoms with van der Waals surface area (Å²) in [5, 5.41) is 13.3. The fraction of sp³-hybridized carbons (Fsp3) is 0.188. The van der Waals surface area contributed by atoms with Crippen molar-refractivity contribution in [1.82, 2.24) is 0 Å². The monoisotopic (exact) mass is 354 g/mol. The summed E-state index contributed by atoms with van der Waals surface area (Å²) in [6.45, 7) is 0.834. The lowest BCUT2D eigenvalue weighted by atomic mass is 10.1. The second kappa shape index (κ2) is 7.20.